The molecule has 0 aliphatic rings. The van der Waals surface area contributed by atoms with Gasteiger partial charge in [0, 0.05) is 34.6 Å². The highest BCUT2D eigenvalue weighted by atomic mass is 19.4. The molecule has 0 radical (unpaired) electrons. The van der Waals surface area contributed by atoms with Gasteiger partial charge in [0.15, 0.2) is 17.1 Å². The minimum atomic E-state index is -4.54. The number of fused-ring (bicyclic) bond motifs is 1. The molecule has 0 saturated heterocycles. The van der Waals surface area contributed by atoms with E-state index in [0.29, 0.717) is 34.0 Å². The molecule has 9 heteroatoms. The minimum Gasteiger partial charge on any atom is -0.493 e. The summed E-state index contributed by atoms with van der Waals surface area (Å²) in [4.78, 5) is 17.3. The van der Waals surface area contributed by atoms with Gasteiger partial charge in [-0.1, -0.05) is 18.2 Å². The van der Waals surface area contributed by atoms with Gasteiger partial charge in [-0.05, 0) is 66.6 Å². The van der Waals surface area contributed by atoms with Crippen molar-refractivity contribution in [3.8, 4) is 33.9 Å². The molecule has 6 nitrogen and oxygen atoms in total. The van der Waals surface area contributed by atoms with Crippen LogP contribution in [0.2, 0.25) is 0 Å². The Balaban J connectivity index is 1.50. The number of amides is 1. The number of methoxy groups -OCH3 is 2. The highest BCUT2D eigenvalue weighted by Crippen LogP contribution is 2.39. The topological polar surface area (TPSA) is 73.6 Å². The molecule has 0 bridgehead atoms. The van der Waals surface area contributed by atoms with Crippen LogP contribution in [0.3, 0.4) is 0 Å². The van der Waals surface area contributed by atoms with Gasteiger partial charge in [-0.3, -0.25) is 9.78 Å². The van der Waals surface area contributed by atoms with E-state index in [9.17, 15) is 18.0 Å². The number of ether oxygens (including phenoxy) is 2. The van der Waals surface area contributed by atoms with Crippen LogP contribution in [0, 0.1) is 6.92 Å². The van der Waals surface area contributed by atoms with Gasteiger partial charge in [0.25, 0.3) is 5.91 Å². The largest absolute Gasteiger partial charge is 0.493 e. The number of anilines is 1. The fraction of sp³-hybridized carbons (Fsp3) is 0.133. The number of pyridine rings is 1. The van der Waals surface area contributed by atoms with E-state index in [1.807, 2.05) is 37.3 Å². The zero-order valence-corrected chi connectivity index (χ0v) is 21.2. The summed E-state index contributed by atoms with van der Waals surface area (Å²) in [5.74, 6) is 1.09. The number of nitrogens with one attached hydrogen (secondary N) is 1. The van der Waals surface area contributed by atoms with E-state index >= 15 is 0 Å². The van der Waals surface area contributed by atoms with Gasteiger partial charge in [-0.25, -0.2) is 0 Å². The monoisotopic (exact) mass is 532 g/mol. The molecular formula is C30H23F3N2O4. The maximum absolute atomic E-state index is 13.1. The van der Waals surface area contributed by atoms with E-state index in [1.165, 1.54) is 12.1 Å². The Morgan fingerprint density at radius 3 is 2.41 bits per heavy atom. The van der Waals surface area contributed by atoms with E-state index in [1.54, 1.807) is 38.6 Å². The Bertz CT molecular complexity index is 1690. The third-order valence-electron chi connectivity index (χ3n) is 6.40. The molecule has 1 amide bonds. The molecule has 39 heavy (non-hydrogen) atoms. The number of carbonyl (C=O) groups is 1. The lowest BCUT2D eigenvalue weighted by atomic mass is 9.99. The minimum absolute atomic E-state index is 0.0912. The summed E-state index contributed by atoms with van der Waals surface area (Å²) in [6.45, 7) is 1.82. The Morgan fingerprint density at radius 2 is 1.67 bits per heavy atom. The molecule has 3 aromatic carbocycles. The van der Waals surface area contributed by atoms with Gasteiger partial charge in [0.1, 0.15) is 11.3 Å². The quantitative estimate of drug-likeness (QED) is 0.242. The number of benzene rings is 3. The van der Waals surface area contributed by atoms with Gasteiger partial charge in [0.05, 0.1) is 19.8 Å². The highest BCUT2D eigenvalue weighted by molar-refractivity contribution is 6.05. The summed E-state index contributed by atoms with van der Waals surface area (Å²) in [5, 5.41) is 2.74. The second-order valence-corrected chi connectivity index (χ2v) is 8.76. The van der Waals surface area contributed by atoms with Crippen molar-refractivity contribution in [3.63, 3.8) is 0 Å². The van der Waals surface area contributed by atoms with Crippen molar-refractivity contribution in [2.24, 2.45) is 0 Å². The van der Waals surface area contributed by atoms with Crippen LogP contribution >= 0.6 is 0 Å². The number of furan rings is 1. The smallest absolute Gasteiger partial charge is 0.416 e. The number of halogens is 3. The normalized spacial score (nSPS) is 11.4. The van der Waals surface area contributed by atoms with Crippen LogP contribution in [0.15, 0.2) is 83.4 Å². The molecule has 0 atom stereocenters. The van der Waals surface area contributed by atoms with Crippen LogP contribution in [0.4, 0.5) is 18.9 Å². The Hall–Kier alpha value is -4.79. The molecular weight excluding hydrogens is 509 g/mol. The predicted octanol–water partition coefficient (Wildman–Crippen LogP) is 7.76. The highest BCUT2D eigenvalue weighted by Gasteiger charge is 2.31. The lowest BCUT2D eigenvalue weighted by Gasteiger charge is -2.14. The van der Waals surface area contributed by atoms with Crippen molar-refractivity contribution in [3.05, 3.63) is 95.7 Å². The van der Waals surface area contributed by atoms with Gasteiger partial charge < -0.3 is 19.2 Å². The molecule has 0 spiro atoms. The molecule has 5 aromatic rings. The van der Waals surface area contributed by atoms with Gasteiger partial charge in [-0.2, -0.15) is 13.2 Å². The zero-order valence-electron chi connectivity index (χ0n) is 21.2. The fourth-order valence-electron chi connectivity index (χ4n) is 4.38. The van der Waals surface area contributed by atoms with Gasteiger partial charge in [0.2, 0.25) is 0 Å². The first-order valence-electron chi connectivity index (χ1n) is 11.9. The lowest BCUT2D eigenvalue weighted by Crippen LogP contribution is -2.14. The van der Waals surface area contributed by atoms with Crippen LogP contribution in [-0.2, 0) is 6.18 Å². The van der Waals surface area contributed by atoms with Gasteiger partial charge >= 0.3 is 6.18 Å². The van der Waals surface area contributed by atoms with Crippen molar-refractivity contribution in [2.75, 3.05) is 19.5 Å². The first-order chi connectivity index (χ1) is 18.7. The third kappa shape index (κ3) is 5.03. The molecule has 0 aliphatic carbocycles. The molecule has 2 aromatic heterocycles. The summed E-state index contributed by atoms with van der Waals surface area (Å²) in [6, 6.07) is 18.7. The maximum atomic E-state index is 13.1. The second kappa shape index (κ2) is 10.2. The van der Waals surface area contributed by atoms with Crippen LogP contribution < -0.4 is 14.8 Å². The molecule has 0 aliphatic heterocycles. The van der Waals surface area contributed by atoms with Crippen molar-refractivity contribution >= 4 is 22.7 Å². The van der Waals surface area contributed by atoms with E-state index in [0.717, 1.165) is 34.4 Å². The second-order valence-electron chi connectivity index (χ2n) is 8.76. The summed E-state index contributed by atoms with van der Waals surface area (Å²) in [6.07, 6.45) is -2.88. The van der Waals surface area contributed by atoms with Crippen molar-refractivity contribution in [1.82, 2.24) is 4.98 Å². The van der Waals surface area contributed by atoms with E-state index < -0.39 is 17.6 Å². The van der Waals surface area contributed by atoms with Crippen LogP contribution in [-0.4, -0.2) is 25.1 Å². The zero-order chi connectivity index (χ0) is 27.7. The Kier molecular flexibility index (Phi) is 6.74. The number of nitrogens with zero attached hydrogens (tertiary/aromatic N) is 1. The average molecular weight is 533 g/mol. The molecule has 2 heterocycles. The standard InChI is InChI=1S/C30H23F3N2O4/c1-17-21(8-5-9-23(17)35-29(36)19-6-4-7-20(14-19)30(31,32)33)22-12-13-34-24-16-26(39-28(22)24)18-10-11-25(37-2)27(15-18)38-3/h4-16H,1-3H3,(H,35,36). The van der Waals surface area contributed by atoms with Crippen molar-refractivity contribution in [2.45, 2.75) is 13.1 Å². The third-order valence-corrected chi connectivity index (χ3v) is 6.40. The van der Waals surface area contributed by atoms with Crippen LogP contribution in [0.1, 0.15) is 21.5 Å². The number of aromatic nitrogens is 1. The first-order valence-corrected chi connectivity index (χ1v) is 11.9. The summed E-state index contributed by atoms with van der Waals surface area (Å²) >= 11 is 0. The number of rotatable bonds is 6. The average Bonchev–Trinajstić information content (AvgIpc) is 3.38. The van der Waals surface area contributed by atoms with E-state index in [-0.39, 0.29) is 5.56 Å². The van der Waals surface area contributed by atoms with Crippen LogP contribution in [0.5, 0.6) is 11.5 Å². The van der Waals surface area contributed by atoms with E-state index in [2.05, 4.69) is 10.3 Å². The lowest BCUT2D eigenvalue weighted by molar-refractivity contribution is -0.137. The fourth-order valence-corrected chi connectivity index (χ4v) is 4.38. The first kappa shape index (κ1) is 25.8. The van der Waals surface area contributed by atoms with Crippen LogP contribution in [0.25, 0.3) is 33.6 Å². The van der Waals surface area contributed by atoms with Gasteiger partial charge in [-0.15, -0.1) is 0 Å². The predicted molar refractivity (Wildman–Crippen MR) is 142 cm³/mol. The molecule has 5 rings (SSSR count). The number of hydrogen-bond acceptors (Lipinski definition) is 5. The van der Waals surface area contributed by atoms with Crippen molar-refractivity contribution in [1.29, 1.82) is 0 Å². The number of alkyl halides is 3. The maximum Gasteiger partial charge on any atom is 0.416 e. The molecule has 0 fully saturated rings. The molecule has 0 unspecified atom stereocenters. The Morgan fingerprint density at radius 1 is 0.897 bits per heavy atom. The molecule has 198 valence electrons. The van der Waals surface area contributed by atoms with Crippen molar-refractivity contribution < 1.29 is 31.9 Å². The number of carbonyl (C=O) groups excluding carboxylic acids is 1. The number of hydrogen-bond donors (Lipinski definition) is 1. The summed E-state index contributed by atoms with van der Waals surface area (Å²) in [7, 11) is 3.12. The summed E-state index contributed by atoms with van der Waals surface area (Å²) < 4.78 is 56.3. The SMILES string of the molecule is COc1ccc(-c2cc3nccc(-c4cccc(NC(=O)c5cccc(C(F)(F)F)c5)c4C)c3o2)cc1OC. The molecule has 0 saturated carbocycles. The summed E-state index contributed by atoms with van der Waals surface area (Å²) in [5.41, 5.74) is 3.68. The molecule has 1 N–H and O–H groups in total. The van der Waals surface area contributed by atoms with E-state index in [4.69, 9.17) is 13.9 Å². The Labute approximate surface area is 222 Å².